The Kier molecular flexibility index (Phi) is 7.06. The van der Waals surface area contributed by atoms with Crippen LogP contribution in [-0.4, -0.2) is 19.3 Å². The number of benzene rings is 6. The third-order valence-corrected chi connectivity index (χ3v) is 9.77. The number of pyridine rings is 1. The van der Waals surface area contributed by atoms with Gasteiger partial charge in [0.15, 0.2) is 0 Å². The fourth-order valence-corrected chi connectivity index (χ4v) is 6.99. The van der Waals surface area contributed by atoms with Gasteiger partial charge in [-0.15, -0.1) is 0 Å². The van der Waals surface area contributed by atoms with Crippen LogP contribution in [0.3, 0.4) is 0 Å². The molecule has 0 N–H and O–H groups in total. The molecule has 5 heteroatoms. The van der Waals surface area contributed by atoms with Gasteiger partial charge in [0.05, 0.1) is 22.2 Å². The molecule has 50 heavy (non-hydrogen) atoms. The Bertz CT molecular complexity index is 2620. The molecule has 0 atom stereocenters. The quantitative estimate of drug-likeness (QED) is 0.173. The van der Waals surface area contributed by atoms with Gasteiger partial charge in [0.1, 0.15) is 17.3 Å². The van der Waals surface area contributed by atoms with Crippen molar-refractivity contribution in [1.82, 2.24) is 19.3 Å². The summed E-state index contributed by atoms with van der Waals surface area (Å²) in [7, 11) is 0. The van der Waals surface area contributed by atoms with Crippen LogP contribution in [0, 0.1) is 0 Å². The fourth-order valence-electron chi connectivity index (χ4n) is 6.99. The Morgan fingerprint density at radius 3 is 2.18 bits per heavy atom. The summed E-state index contributed by atoms with van der Waals surface area (Å²) in [4.78, 5) is 4.96. The van der Waals surface area contributed by atoms with Crippen LogP contribution >= 0.6 is 0 Å². The molecule has 3 aromatic heterocycles. The summed E-state index contributed by atoms with van der Waals surface area (Å²) in [5.74, 6) is 2.34. The van der Waals surface area contributed by atoms with Crippen LogP contribution in [0.5, 0.6) is 11.5 Å². The van der Waals surface area contributed by atoms with E-state index in [1.54, 1.807) is 0 Å². The van der Waals surface area contributed by atoms with Crippen LogP contribution < -0.4 is 4.74 Å². The van der Waals surface area contributed by atoms with Crippen molar-refractivity contribution in [2.75, 3.05) is 0 Å². The normalized spacial score (nSPS) is 11.8. The van der Waals surface area contributed by atoms with E-state index < -0.39 is 0 Å². The van der Waals surface area contributed by atoms with E-state index in [1.165, 1.54) is 22.3 Å². The molecule has 0 bridgehead atoms. The van der Waals surface area contributed by atoms with Gasteiger partial charge in [-0.25, -0.2) is 9.67 Å². The minimum Gasteiger partial charge on any atom is -0.457 e. The number of hydrogen-bond acceptors (Lipinski definition) is 3. The zero-order valence-corrected chi connectivity index (χ0v) is 27.9. The van der Waals surface area contributed by atoms with E-state index >= 15 is 0 Å². The van der Waals surface area contributed by atoms with Crippen molar-refractivity contribution >= 4 is 32.7 Å². The molecule has 0 aliphatic carbocycles. The average molecular weight is 647 g/mol. The predicted octanol–water partition coefficient (Wildman–Crippen LogP) is 11.3. The van der Waals surface area contributed by atoms with Gasteiger partial charge in [0.2, 0.25) is 0 Å². The monoisotopic (exact) mass is 646 g/mol. The molecule has 240 valence electrons. The van der Waals surface area contributed by atoms with Crippen LogP contribution in [0.1, 0.15) is 25.0 Å². The van der Waals surface area contributed by atoms with E-state index in [1.807, 2.05) is 59.5 Å². The van der Waals surface area contributed by atoms with Gasteiger partial charge in [-0.1, -0.05) is 105 Å². The van der Waals surface area contributed by atoms with Gasteiger partial charge < -0.3 is 4.74 Å². The van der Waals surface area contributed by atoms with Crippen molar-refractivity contribution in [3.8, 4) is 34.1 Å². The van der Waals surface area contributed by atoms with Crippen LogP contribution in [0.4, 0.5) is 0 Å². The van der Waals surface area contributed by atoms with Crippen molar-refractivity contribution in [3.05, 3.63) is 181 Å². The molecule has 0 saturated heterocycles. The van der Waals surface area contributed by atoms with Gasteiger partial charge >= 0.3 is 0 Å². The smallest absolute Gasteiger partial charge is 0.137 e. The predicted molar refractivity (Wildman–Crippen MR) is 204 cm³/mol. The van der Waals surface area contributed by atoms with Gasteiger partial charge in [-0.05, 0) is 76.9 Å². The van der Waals surface area contributed by atoms with Crippen molar-refractivity contribution in [3.63, 3.8) is 0 Å². The standard InChI is InChI=1S/C45H34N4O/c1-45(2,34-15-7-4-8-16-34)35-24-25-46-44(27-35)49-42-23-20-32(31-12-5-3-6-13-31)26-40(42)39-22-21-38(29-43(39)49)50-37-18-11-17-36(28-37)48-30-33-14-9-10-19-41(33)47-48/h3-30H,1-2H3. The number of rotatable bonds is 7. The first-order chi connectivity index (χ1) is 24.5. The molecule has 0 spiro atoms. The summed E-state index contributed by atoms with van der Waals surface area (Å²) in [5, 5.41) is 8.16. The second kappa shape index (κ2) is 11.9. The molecule has 3 heterocycles. The van der Waals surface area contributed by atoms with E-state index in [4.69, 9.17) is 14.8 Å². The molecular weight excluding hydrogens is 613 g/mol. The summed E-state index contributed by atoms with van der Waals surface area (Å²) >= 11 is 0. The fraction of sp³-hybridized carbons (Fsp3) is 0.0667. The first-order valence-electron chi connectivity index (χ1n) is 16.9. The van der Waals surface area contributed by atoms with Crippen LogP contribution in [0.2, 0.25) is 0 Å². The summed E-state index contributed by atoms with van der Waals surface area (Å²) in [6.07, 6.45) is 3.97. The van der Waals surface area contributed by atoms with Crippen LogP contribution in [0.25, 0.3) is 55.3 Å². The van der Waals surface area contributed by atoms with Crippen LogP contribution in [-0.2, 0) is 5.41 Å². The first kappa shape index (κ1) is 29.7. The highest BCUT2D eigenvalue weighted by molar-refractivity contribution is 6.10. The zero-order chi connectivity index (χ0) is 33.7. The number of hydrogen-bond donors (Lipinski definition) is 0. The van der Waals surface area contributed by atoms with Crippen molar-refractivity contribution in [2.45, 2.75) is 19.3 Å². The molecular formula is C45H34N4O. The number of nitrogens with zero attached hydrogens (tertiary/aromatic N) is 4. The van der Waals surface area contributed by atoms with E-state index in [9.17, 15) is 0 Å². The van der Waals surface area contributed by atoms with Gasteiger partial charge in [-0.2, -0.15) is 5.10 Å². The molecule has 0 aliphatic heterocycles. The number of ether oxygens (including phenoxy) is 1. The maximum Gasteiger partial charge on any atom is 0.137 e. The summed E-state index contributed by atoms with van der Waals surface area (Å²) < 4.78 is 10.7. The van der Waals surface area contributed by atoms with Crippen molar-refractivity contribution < 1.29 is 4.74 Å². The minimum atomic E-state index is -0.210. The van der Waals surface area contributed by atoms with Gasteiger partial charge in [-0.3, -0.25) is 4.57 Å². The highest BCUT2D eigenvalue weighted by atomic mass is 16.5. The second-order valence-electron chi connectivity index (χ2n) is 13.2. The molecule has 0 unspecified atom stereocenters. The Balaban J connectivity index is 1.17. The number of aromatic nitrogens is 4. The SMILES string of the molecule is CC(C)(c1ccccc1)c1ccnc(-n2c3ccc(-c4ccccc4)cc3c3ccc(Oc4cccc(-n5cc6ccccc6n5)c4)cc32)c1. The molecule has 6 aromatic carbocycles. The first-order valence-corrected chi connectivity index (χ1v) is 16.9. The molecule has 9 aromatic rings. The number of fused-ring (bicyclic) bond motifs is 4. The molecule has 0 aliphatic rings. The van der Waals surface area contributed by atoms with E-state index in [0.717, 1.165) is 55.7 Å². The molecule has 0 radical (unpaired) electrons. The van der Waals surface area contributed by atoms with Gasteiger partial charge in [0, 0.05) is 46.1 Å². The Labute approximate surface area is 290 Å². The zero-order valence-electron chi connectivity index (χ0n) is 27.9. The molecule has 0 saturated carbocycles. The highest BCUT2D eigenvalue weighted by Crippen LogP contribution is 2.39. The van der Waals surface area contributed by atoms with Crippen molar-refractivity contribution in [2.24, 2.45) is 0 Å². The maximum atomic E-state index is 6.56. The molecule has 0 fully saturated rings. The lowest BCUT2D eigenvalue weighted by atomic mass is 9.78. The van der Waals surface area contributed by atoms with Crippen molar-refractivity contribution in [1.29, 1.82) is 0 Å². The Morgan fingerprint density at radius 2 is 1.34 bits per heavy atom. The van der Waals surface area contributed by atoms with E-state index in [0.29, 0.717) is 0 Å². The maximum absolute atomic E-state index is 6.56. The molecule has 9 rings (SSSR count). The Hall–Kier alpha value is -6.46. The summed E-state index contributed by atoms with van der Waals surface area (Å²) in [5.41, 5.74) is 8.61. The lowest BCUT2D eigenvalue weighted by Gasteiger charge is -2.26. The van der Waals surface area contributed by atoms with Crippen LogP contribution in [0.15, 0.2) is 170 Å². The Morgan fingerprint density at radius 1 is 0.560 bits per heavy atom. The molecule has 5 nitrogen and oxygen atoms in total. The second-order valence-corrected chi connectivity index (χ2v) is 13.2. The third kappa shape index (κ3) is 5.20. The third-order valence-electron chi connectivity index (χ3n) is 9.77. The average Bonchev–Trinajstić information content (AvgIpc) is 3.75. The lowest BCUT2D eigenvalue weighted by molar-refractivity contribution is 0.483. The van der Waals surface area contributed by atoms with Gasteiger partial charge in [0.25, 0.3) is 0 Å². The highest BCUT2D eigenvalue weighted by Gasteiger charge is 2.24. The van der Waals surface area contributed by atoms with E-state index in [-0.39, 0.29) is 5.41 Å². The molecule has 0 amide bonds. The lowest BCUT2D eigenvalue weighted by Crippen LogP contribution is -2.19. The topological polar surface area (TPSA) is 44.9 Å². The summed E-state index contributed by atoms with van der Waals surface area (Å²) in [6, 6.07) is 54.8. The largest absolute Gasteiger partial charge is 0.457 e. The minimum absolute atomic E-state index is 0.210. The summed E-state index contributed by atoms with van der Waals surface area (Å²) in [6.45, 7) is 4.54. The van der Waals surface area contributed by atoms with E-state index in [2.05, 4.69) is 134 Å².